The molecule has 1 saturated carbocycles. The third-order valence-corrected chi connectivity index (χ3v) is 4.99. The number of hydrogen-bond donors (Lipinski definition) is 0. The summed E-state index contributed by atoms with van der Waals surface area (Å²) >= 11 is 0. The van der Waals surface area contributed by atoms with Crippen molar-refractivity contribution >= 4 is 5.91 Å². The highest BCUT2D eigenvalue weighted by Gasteiger charge is 2.47. The number of alkyl halides is 2. The minimum Gasteiger partial charge on any atom is -0.474 e. The fraction of sp³-hybridized carbons (Fsp3) is 0.667. The predicted molar refractivity (Wildman–Crippen MR) is 86.1 cm³/mol. The Kier molecular flexibility index (Phi) is 5.01. The molecule has 4 nitrogen and oxygen atoms in total. The minimum atomic E-state index is -2.85. The van der Waals surface area contributed by atoms with E-state index in [1.807, 2.05) is 19.1 Å². The second-order valence-corrected chi connectivity index (χ2v) is 6.87. The minimum absolute atomic E-state index is 0.0183. The van der Waals surface area contributed by atoms with E-state index in [4.69, 9.17) is 4.74 Å². The molecule has 0 bridgehead atoms. The SMILES string of the molecule is Cc1ccnc(OC2CCN(C(=O)C3CCCCC3(F)F)CC2)c1. The van der Waals surface area contributed by atoms with Crippen LogP contribution in [-0.2, 0) is 4.79 Å². The van der Waals surface area contributed by atoms with Crippen LogP contribution in [0.15, 0.2) is 18.3 Å². The van der Waals surface area contributed by atoms with Gasteiger partial charge >= 0.3 is 0 Å². The van der Waals surface area contributed by atoms with Gasteiger partial charge < -0.3 is 9.64 Å². The fourth-order valence-corrected chi connectivity index (χ4v) is 3.56. The molecule has 1 aromatic rings. The molecule has 1 unspecified atom stereocenters. The summed E-state index contributed by atoms with van der Waals surface area (Å²) in [4.78, 5) is 18.2. The van der Waals surface area contributed by atoms with Crippen LogP contribution in [0.25, 0.3) is 0 Å². The number of nitrogens with zero attached hydrogens (tertiary/aromatic N) is 2. The Balaban J connectivity index is 1.54. The lowest BCUT2D eigenvalue weighted by atomic mass is 9.84. The summed E-state index contributed by atoms with van der Waals surface area (Å²) in [6, 6.07) is 3.78. The van der Waals surface area contributed by atoms with E-state index in [-0.39, 0.29) is 18.4 Å². The zero-order chi connectivity index (χ0) is 17.2. The lowest BCUT2D eigenvalue weighted by Gasteiger charge is -2.37. The maximum Gasteiger partial charge on any atom is 0.259 e. The van der Waals surface area contributed by atoms with E-state index < -0.39 is 11.8 Å². The van der Waals surface area contributed by atoms with Crippen molar-refractivity contribution in [3.63, 3.8) is 0 Å². The standard InChI is InChI=1S/C18H24F2N2O2/c1-13-5-9-21-16(12-13)24-14-6-10-22(11-7-14)17(23)15-4-2-3-8-18(15,19)20/h5,9,12,14-15H,2-4,6-8,10-11H2,1H3. The third kappa shape index (κ3) is 3.84. The monoisotopic (exact) mass is 338 g/mol. The van der Waals surface area contributed by atoms with Gasteiger partial charge in [0.2, 0.25) is 11.8 Å². The largest absolute Gasteiger partial charge is 0.474 e. The van der Waals surface area contributed by atoms with Gasteiger partial charge in [0.1, 0.15) is 12.0 Å². The van der Waals surface area contributed by atoms with E-state index in [1.54, 1.807) is 11.1 Å². The predicted octanol–water partition coefficient (Wildman–Crippen LogP) is 3.59. The Hall–Kier alpha value is -1.72. The first-order chi connectivity index (χ1) is 11.5. The number of amides is 1. The smallest absolute Gasteiger partial charge is 0.259 e. The van der Waals surface area contributed by atoms with Crippen molar-refractivity contribution in [1.29, 1.82) is 0 Å². The number of likely N-dealkylation sites (tertiary alicyclic amines) is 1. The summed E-state index contributed by atoms with van der Waals surface area (Å²) in [6.07, 6.45) is 4.35. The molecule has 1 aliphatic carbocycles. The van der Waals surface area contributed by atoms with E-state index in [0.29, 0.717) is 51.1 Å². The van der Waals surface area contributed by atoms with Crippen LogP contribution in [0.2, 0.25) is 0 Å². The van der Waals surface area contributed by atoms with Crippen LogP contribution in [0.3, 0.4) is 0 Å². The number of rotatable bonds is 3. The van der Waals surface area contributed by atoms with Gasteiger partial charge in [-0.05, 0) is 31.4 Å². The van der Waals surface area contributed by atoms with Gasteiger partial charge in [0.15, 0.2) is 0 Å². The van der Waals surface area contributed by atoms with E-state index in [9.17, 15) is 13.6 Å². The molecule has 2 aliphatic rings. The molecule has 1 aromatic heterocycles. The van der Waals surface area contributed by atoms with Crippen molar-refractivity contribution in [2.24, 2.45) is 5.92 Å². The maximum atomic E-state index is 14.0. The van der Waals surface area contributed by atoms with Crippen LogP contribution in [-0.4, -0.2) is 40.9 Å². The third-order valence-electron chi connectivity index (χ3n) is 4.99. The van der Waals surface area contributed by atoms with E-state index >= 15 is 0 Å². The Morgan fingerprint density at radius 2 is 2.04 bits per heavy atom. The lowest BCUT2D eigenvalue weighted by Crippen LogP contribution is -2.49. The van der Waals surface area contributed by atoms with Crippen LogP contribution in [0.4, 0.5) is 8.78 Å². The Morgan fingerprint density at radius 1 is 1.29 bits per heavy atom. The topological polar surface area (TPSA) is 42.4 Å². The van der Waals surface area contributed by atoms with E-state index in [2.05, 4.69) is 4.98 Å². The van der Waals surface area contributed by atoms with Crippen molar-refractivity contribution in [1.82, 2.24) is 9.88 Å². The van der Waals surface area contributed by atoms with E-state index in [1.165, 1.54) is 0 Å². The summed E-state index contributed by atoms with van der Waals surface area (Å²) < 4.78 is 33.8. The molecule has 0 radical (unpaired) electrons. The summed E-state index contributed by atoms with van der Waals surface area (Å²) in [7, 11) is 0. The molecule has 1 atom stereocenters. The van der Waals surface area contributed by atoms with Gasteiger partial charge in [-0.1, -0.05) is 6.42 Å². The molecule has 1 saturated heterocycles. The molecule has 3 rings (SSSR count). The van der Waals surface area contributed by atoms with Crippen molar-refractivity contribution in [2.75, 3.05) is 13.1 Å². The van der Waals surface area contributed by atoms with Crippen molar-refractivity contribution in [3.8, 4) is 5.88 Å². The van der Waals surface area contributed by atoms with Crippen molar-refractivity contribution in [3.05, 3.63) is 23.9 Å². The quantitative estimate of drug-likeness (QED) is 0.846. The highest BCUT2D eigenvalue weighted by Crippen LogP contribution is 2.39. The van der Waals surface area contributed by atoms with Crippen molar-refractivity contribution in [2.45, 2.75) is 57.5 Å². The molecular formula is C18H24F2N2O2. The fourth-order valence-electron chi connectivity index (χ4n) is 3.56. The van der Waals surface area contributed by atoms with Gasteiger partial charge in [-0.3, -0.25) is 4.79 Å². The number of carbonyl (C=O) groups excluding carboxylic acids is 1. The molecule has 24 heavy (non-hydrogen) atoms. The van der Waals surface area contributed by atoms with Crippen LogP contribution in [0, 0.1) is 12.8 Å². The summed E-state index contributed by atoms with van der Waals surface area (Å²) in [5.74, 6) is -3.79. The summed E-state index contributed by atoms with van der Waals surface area (Å²) in [5.41, 5.74) is 1.08. The van der Waals surface area contributed by atoms with Crippen LogP contribution < -0.4 is 4.74 Å². The zero-order valence-corrected chi connectivity index (χ0v) is 14.0. The summed E-state index contributed by atoms with van der Waals surface area (Å²) in [5, 5.41) is 0. The number of carbonyl (C=O) groups is 1. The number of aryl methyl sites for hydroxylation is 1. The molecule has 0 N–H and O–H groups in total. The zero-order valence-electron chi connectivity index (χ0n) is 14.0. The molecule has 2 heterocycles. The molecule has 0 aromatic carbocycles. The summed E-state index contributed by atoms with van der Waals surface area (Å²) in [6.45, 7) is 2.92. The molecular weight excluding hydrogens is 314 g/mol. The molecule has 0 spiro atoms. The molecule has 2 fully saturated rings. The number of piperidine rings is 1. The van der Waals surface area contributed by atoms with E-state index in [0.717, 1.165) is 5.56 Å². The van der Waals surface area contributed by atoms with Gasteiger partial charge in [0.25, 0.3) is 5.92 Å². The van der Waals surface area contributed by atoms with Gasteiger partial charge in [-0.2, -0.15) is 0 Å². The highest BCUT2D eigenvalue weighted by molar-refractivity contribution is 5.80. The molecule has 132 valence electrons. The average Bonchev–Trinajstić information content (AvgIpc) is 2.55. The van der Waals surface area contributed by atoms with Crippen molar-refractivity contribution < 1.29 is 18.3 Å². The van der Waals surface area contributed by atoms with Crippen LogP contribution in [0.1, 0.15) is 44.1 Å². The first-order valence-electron chi connectivity index (χ1n) is 8.71. The molecule has 1 amide bonds. The number of ether oxygens (including phenoxy) is 1. The Labute approximate surface area is 141 Å². The van der Waals surface area contributed by atoms with Gasteiger partial charge in [-0.25, -0.2) is 13.8 Å². The number of pyridine rings is 1. The second-order valence-electron chi connectivity index (χ2n) is 6.87. The maximum absolute atomic E-state index is 14.0. The van der Waals surface area contributed by atoms with Crippen LogP contribution >= 0.6 is 0 Å². The molecule has 1 aliphatic heterocycles. The highest BCUT2D eigenvalue weighted by atomic mass is 19.3. The first kappa shape index (κ1) is 17.1. The number of aromatic nitrogens is 1. The lowest BCUT2D eigenvalue weighted by molar-refractivity contribution is -0.157. The normalized spacial score (nSPS) is 24.6. The molecule has 6 heteroatoms. The van der Waals surface area contributed by atoms with Gasteiger partial charge in [0.05, 0.1) is 0 Å². The second kappa shape index (κ2) is 7.03. The Bertz CT molecular complexity index is 586. The first-order valence-corrected chi connectivity index (χ1v) is 8.71. The van der Waals surface area contributed by atoms with Gasteiger partial charge in [0, 0.05) is 44.6 Å². The average molecular weight is 338 g/mol. The Morgan fingerprint density at radius 3 is 2.71 bits per heavy atom. The number of halogens is 2. The van der Waals surface area contributed by atoms with Crippen LogP contribution in [0.5, 0.6) is 5.88 Å². The van der Waals surface area contributed by atoms with Gasteiger partial charge in [-0.15, -0.1) is 0 Å². The number of hydrogen-bond acceptors (Lipinski definition) is 3.